The molecule has 2 fully saturated rings. The second-order valence-electron chi connectivity index (χ2n) is 5.02. The Balaban J connectivity index is 1.69. The van der Waals surface area contributed by atoms with Crippen molar-refractivity contribution in [3.8, 4) is 0 Å². The van der Waals surface area contributed by atoms with Crippen LogP contribution in [-0.4, -0.2) is 61.3 Å². The Morgan fingerprint density at radius 2 is 1.93 bits per heavy atom. The highest BCUT2D eigenvalue weighted by atomic mass is 16.5. The summed E-state index contributed by atoms with van der Waals surface area (Å²) in [5.74, 6) is 0. The van der Waals surface area contributed by atoms with E-state index in [1.807, 2.05) is 0 Å². The first-order valence-corrected chi connectivity index (χ1v) is 6.33. The van der Waals surface area contributed by atoms with Crippen LogP contribution in [0.25, 0.3) is 0 Å². The van der Waals surface area contributed by atoms with E-state index in [4.69, 9.17) is 4.74 Å². The molecule has 1 saturated carbocycles. The van der Waals surface area contributed by atoms with Crippen LogP contribution >= 0.6 is 0 Å². The van der Waals surface area contributed by atoms with Gasteiger partial charge in [0.25, 0.3) is 0 Å². The summed E-state index contributed by atoms with van der Waals surface area (Å²) in [6, 6.07) is 1.60. The lowest BCUT2D eigenvalue weighted by Crippen LogP contribution is -2.43. The fraction of sp³-hybridized carbons (Fsp3) is 1.00. The van der Waals surface area contributed by atoms with Gasteiger partial charge < -0.3 is 4.74 Å². The molecule has 88 valence electrons. The lowest BCUT2D eigenvalue weighted by Gasteiger charge is -2.32. The minimum atomic E-state index is 0.707. The summed E-state index contributed by atoms with van der Waals surface area (Å²) in [5.41, 5.74) is 0. The summed E-state index contributed by atoms with van der Waals surface area (Å²) in [7, 11) is 0. The summed E-state index contributed by atoms with van der Waals surface area (Å²) in [5, 5.41) is 0. The van der Waals surface area contributed by atoms with Crippen molar-refractivity contribution >= 4 is 0 Å². The van der Waals surface area contributed by atoms with Gasteiger partial charge in [-0.15, -0.1) is 0 Å². The van der Waals surface area contributed by atoms with Gasteiger partial charge in [0.2, 0.25) is 0 Å². The molecule has 0 spiro atoms. The summed E-state index contributed by atoms with van der Waals surface area (Å²) in [4.78, 5) is 5.19. The van der Waals surface area contributed by atoms with Gasteiger partial charge in [-0.1, -0.05) is 0 Å². The molecule has 0 atom stereocenters. The van der Waals surface area contributed by atoms with Crippen LogP contribution in [-0.2, 0) is 4.74 Å². The molecule has 0 aromatic carbocycles. The highest BCUT2D eigenvalue weighted by Crippen LogP contribution is 2.28. The predicted octanol–water partition coefficient (Wildman–Crippen LogP) is 1.19. The molecule has 0 unspecified atom stereocenters. The molecule has 2 aliphatic rings. The van der Waals surface area contributed by atoms with Crippen LogP contribution in [0.2, 0.25) is 0 Å². The van der Waals surface area contributed by atoms with Gasteiger partial charge in [0.05, 0.1) is 13.2 Å². The van der Waals surface area contributed by atoms with E-state index < -0.39 is 0 Å². The molecule has 0 radical (unpaired) electrons. The van der Waals surface area contributed by atoms with Crippen molar-refractivity contribution in [1.29, 1.82) is 0 Å². The van der Waals surface area contributed by atoms with Gasteiger partial charge in [0, 0.05) is 38.3 Å². The highest BCUT2D eigenvalue weighted by Gasteiger charge is 2.30. The monoisotopic (exact) mass is 212 g/mol. The van der Waals surface area contributed by atoms with E-state index in [2.05, 4.69) is 23.6 Å². The zero-order valence-corrected chi connectivity index (χ0v) is 10.1. The van der Waals surface area contributed by atoms with Crippen LogP contribution in [0.5, 0.6) is 0 Å². The third-order valence-electron chi connectivity index (χ3n) is 3.46. The number of hydrogen-bond acceptors (Lipinski definition) is 3. The number of morpholine rings is 1. The minimum absolute atomic E-state index is 0.707. The molecule has 1 aliphatic carbocycles. The van der Waals surface area contributed by atoms with Gasteiger partial charge in [-0.05, 0) is 26.7 Å². The maximum absolute atomic E-state index is 5.36. The van der Waals surface area contributed by atoms with Crippen LogP contribution < -0.4 is 0 Å². The average Bonchev–Trinajstić information content (AvgIpc) is 3.03. The number of ether oxygens (including phenoxy) is 1. The SMILES string of the molecule is CC(C)N(CCN1CCOCC1)C1CC1. The normalized spacial score (nSPS) is 24.0. The molecule has 3 heteroatoms. The van der Waals surface area contributed by atoms with Crippen LogP contribution in [0.3, 0.4) is 0 Å². The van der Waals surface area contributed by atoms with E-state index >= 15 is 0 Å². The molecule has 15 heavy (non-hydrogen) atoms. The van der Waals surface area contributed by atoms with E-state index in [-0.39, 0.29) is 0 Å². The van der Waals surface area contributed by atoms with Gasteiger partial charge in [-0.25, -0.2) is 0 Å². The van der Waals surface area contributed by atoms with E-state index in [1.165, 1.54) is 25.9 Å². The molecular weight excluding hydrogens is 188 g/mol. The number of nitrogens with zero attached hydrogens (tertiary/aromatic N) is 2. The molecule has 0 bridgehead atoms. The Kier molecular flexibility index (Phi) is 4.00. The van der Waals surface area contributed by atoms with Gasteiger partial charge in [0.15, 0.2) is 0 Å². The summed E-state index contributed by atoms with van der Waals surface area (Å²) in [6.07, 6.45) is 2.84. The van der Waals surface area contributed by atoms with E-state index in [1.54, 1.807) is 0 Å². The van der Waals surface area contributed by atoms with Crippen LogP contribution in [0.4, 0.5) is 0 Å². The molecule has 0 aromatic heterocycles. The van der Waals surface area contributed by atoms with Crippen molar-refractivity contribution in [2.24, 2.45) is 0 Å². The van der Waals surface area contributed by atoms with Crippen molar-refractivity contribution in [2.45, 2.75) is 38.8 Å². The quantitative estimate of drug-likeness (QED) is 0.681. The number of rotatable bonds is 5. The van der Waals surface area contributed by atoms with Crippen molar-refractivity contribution < 1.29 is 4.74 Å². The standard InChI is InChI=1S/C12H24N2O/c1-11(2)14(12-3-4-12)6-5-13-7-9-15-10-8-13/h11-12H,3-10H2,1-2H3. The average molecular weight is 212 g/mol. The van der Waals surface area contributed by atoms with Crippen LogP contribution in [0.1, 0.15) is 26.7 Å². The van der Waals surface area contributed by atoms with E-state index in [9.17, 15) is 0 Å². The Morgan fingerprint density at radius 3 is 2.47 bits per heavy atom. The Labute approximate surface area is 93.4 Å². The smallest absolute Gasteiger partial charge is 0.0594 e. The van der Waals surface area contributed by atoms with Gasteiger partial charge >= 0.3 is 0 Å². The molecule has 2 rings (SSSR count). The lowest BCUT2D eigenvalue weighted by molar-refractivity contribution is 0.0311. The van der Waals surface area contributed by atoms with Crippen molar-refractivity contribution in [3.05, 3.63) is 0 Å². The largest absolute Gasteiger partial charge is 0.379 e. The minimum Gasteiger partial charge on any atom is -0.379 e. The molecule has 0 amide bonds. The van der Waals surface area contributed by atoms with Gasteiger partial charge in [0.1, 0.15) is 0 Å². The van der Waals surface area contributed by atoms with Gasteiger partial charge in [-0.2, -0.15) is 0 Å². The molecular formula is C12H24N2O. The Morgan fingerprint density at radius 1 is 1.27 bits per heavy atom. The third kappa shape index (κ3) is 3.44. The predicted molar refractivity (Wildman–Crippen MR) is 62.1 cm³/mol. The summed E-state index contributed by atoms with van der Waals surface area (Å²) in [6.45, 7) is 11.2. The van der Waals surface area contributed by atoms with Crippen molar-refractivity contribution in [2.75, 3.05) is 39.4 Å². The Hall–Kier alpha value is -0.120. The molecule has 1 aliphatic heterocycles. The van der Waals surface area contributed by atoms with Crippen molar-refractivity contribution in [1.82, 2.24) is 9.80 Å². The topological polar surface area (TPSA) is 15.7 Å². The first kappa shape index (κ1) is 11.4. The molecule has 0 aromatic rings. The van der Waals surface area contributed by atoms with Crippen molar-refractivity contribution in [3.63, 3.8) is 0 Å². The highest BCUT2D eigenvalue weighted by molar-refractivity contribution is 4.86. The van der Waals surface area contributed by atoms with Crippen LogP contribution in [0.15, 0.2) is 0 Å². The van der Waals surface area contributed by atoms with Gasteiger partial charge in [-0.3, -0.25) is 9.80 Å². The van der Waals surface area contributed by atoms with Crippen LogP contribution in [0, 0.1) is 0 Å². The molecule has 3 nitrogen and oxygen atoms in total. The van der Waals surface area contributed by atoms with E-state index in [0.717, 1.165) is 32.3 Å². The molecule has 1 saturated heterocycles. The third-order valence-corrected chi connectivity index (χ3v) is 3.46. The molecule has 0 N–H and O–H groups in total. The fourth-order valence-electron chi connectivity index (χ4n) is 2.35. The summed E-state index contributed by atoms with van der Waals surface area (Å²) < 4.78 is 5.36. The summed E-state index contributed by atoms with van der Waals surface area (Å²) >= 11 is 0. The first-order valence-electron chi connectivity index (χ1n) is 6.33. The molecule has 1 heterocycles. The second kappa shape index (κ2) is 5.28. The zero-order valence-electron chi connectivity index (χ0n) is 10.1. The second-order valence-corrected chi connectivity index (χ2v) is 5.02. The maximum atomic E-state index is 5.36. The lowest BCUT2D eigenvalue weighted by atomic mass is 10.3. The maximum Gasteiger partial charge on any atom is 0.0594 e. The zero-order chi connectivity index (χ0) is 10.7. The Bertz CT molecular complexity index is 184. The fourth-order valence-corrected chi connectivity index (χ4v) is 2.35. The van der Waals surface area contributed by atoms with E-state index in [0.29, 0.717) is 6.04 Å². The first-order chi connectivity index (χ1) is 7.27. The number of hydrogen-bond donors (Lipinski definition) is 0.